The van der Waals surface area contributed by atoms with Crippen LogP contribution in [0.3, 0.4) is 0 Å². The molecule has 0 aliphatic rings. The second-order valence-electron chi connectivity index (χ2n) is 3.28. The van der Waals surface area contributed by atoms with Gasteiger partial charge in [-0.3, -0.25) is 0 Å². The Balaban J connectivity index is 2.49. The van der Waals surface area contributed by atoms with Gasteiger partial charge in [0.1, 0.15) is 0 Å². The first-order valence-electron chi connectivity index (χ1n) is 4.76. The van der Waals surface area contributed by atoms with E-state index in [1.54, 1.807) is 6.20 Å². The molecular formula is C11H12N4. The van der Waals surface area contributed by atoms with Gasteiger partial charge < -0.3 is 5.73 Å². The van der Waals surface area contributed by atoms with E-state index >= 15 is 0 Å². The van der Waals surface area contributed by atoms with E-state index in [4.69, 9.17) is 5.73 Å². The lowest BCUT2D eigenvalue weighted by molar-refractivity contribution is 0.834. The van der Waals surface area contributed by atoms with E-state index < -0.39 is 0 Å². The molecule has 0 bridgehead atoms. The third-order valence-corrected chi connectivity index (χ3v) is 2.21. The summed E-state index contributed by atoms with van der Waals surface area (Å²) in [5, 5.41) is 7.71. The summed E-state index contributed by atoms with van der Waals surface area (Å²) in [6, 6.07) is 8.03. The fourth-order valence-corrected chi connectivity index (χ4v) is 1.42. The molecule has 0 saturated heterocycles. The molecular weight excluding hydrogens is 188 g/mol. The van der Waals surface area contributed by atoms with Gasteiger partial charge in [-0.05, 0) is 12.5 Å². The summed E-state index contributed by atoms with van der Waals surface area (Å²) in [5.74, 6) is 0.566. The average Bonchev–Trinajstić information content (AvgIpc) is 2.30. The van der Waals surface area contributed by atoms with Gasteiger partial charge in [0.05, 0.1) is 18.4 Å². The zero-order chi connectivity index (χ0) is 10.7. The van der Waals surface area contributed by atoms with Crippen molar-refractivity contribution in [2.45, 2.75) is 13.5 Å². The van der Waals surface area contributed by atoms with Crippen LogP contribution in [0.5, 0.6) is 0 Å². The van der Waals surface area contributed by atoms with E-state index in [0.717, 1.165) is 11.3 Å². The molecule has 1 aromatic carbocycles. The van der Waals surface area contributed by atoms with Crippen molar-refractivity contribution in [3.63, 3.8) is 0 Å². The van der Waals surface area contributed by atoms with Crippen molar-refractivity contribution in [3.05, 3.63) is 41.9 Å². The Bertz CT molecular complexity index is 468. The summed E-state index contributed by atoms with van der Waals surface area (Å²) in [7, 11) is 0. The van der Waals surface area contributed by atoms with Gasteiger partial charge in [-0.1, -0.05) is 24.3 Å². The quantitative estimate of drug-likeness (QED) is 0.793. The number of benzene rings is 1. The number of hydrogen-bond donors (Lipinski definition) is 1. The molecule has 1 heterocycles. The molecule has 2 N–H and O–H groups in total. The predicted molar refractivity (Wildman–Crippen MR) is 57.9 cm³/mol. The van der Waals surface area contributed by atoms with Crippen molar-refractivity contribution in [2.75, 3.05) is 0 Å². The first-order valence-corrected chi connectivity index (χ1v) is 4.76. The van der Waals surface area contributed by atoms with Crippen LogP contribution >= 0.6 is 0 Å². The first kappa shape index (κ1) is 9.73. The lowest BCUT2D eigenvalue weighted by Crippen LogP contribution is -2.05. The first-order chi connectivity index (χ1) is 7.31. The van der Waals surface area contributed by atoms with Crippen LogP contribution in [0.2, 0.25) is 0 Å². The van der Waals surface area contributed by atoms with Gasteiger partial charge in [0.15, 0.2) is 5.82 Å². The Morgan fingerprint density at radius 3 is 2.80 bits per heavy atom. The van der Waals surface area contributed by atoms with Crippen LogP contribution in [0.1, 0.15) is 11.4 Å². The van der Waals surface area contributed by atoms with Crippen LogP contribution in [0.25, 0.3) is 11.3 Å². The molecule has 2 rings (SSSR count). The maximum Gasteiger partial charge on any atom is 0.165 e. The van der Waals surface area contributed by atoms with Crippen molar-refractivity contribution in [1.82, 2.24) is 15.2 Å². The van der Waals surface area contributed by atoms with Crippen molar-refractivity contribution >= 4 is 0 Å². The maximum atomic E-state index is 5.47. The van der Waals surface area contributed by atoms with Crippen LogP contribution in [0, 0.1) is 6.92 Å². The Hall–Kier alpha value is -1.81. The highest BCUT2D eigenvalue weighted by Crippen LogP contribution is 2.19. The molecule has 0 fully saturated rings. The standard InChI is InChI=1S/C11H12N4/c1-8-4-2-3-5-9(8)10-7-13-15-11(6-12)14-10/h2-5,7H,6,12H2,1H3. The van der Waals surface area contributed by atoms with Crippen LogP contribution in [-0.2, 0) is 6.54 Å². The third kappa shape index (κ3) is 1.99. The summed E-state index contributed by atoms with van der Waals surface area (Å²) in [6.07, 6.45) is 1.65. The summed E-state index contributed by atoms with van der Waals surface area (Å²) in [5.41, 5.74) is 8.53. The molecule has 0 aliphatic heterocycles. The van der Waals surface area contributed by atoms with Crippen LogP contribution in [-0.4, -0.2) is 15.2 Å². The Morgan fingerprint density at radius 2 is 2.07 bits per heavy atom. The molecule has 0 aliphatic carbocycles. The summed E-state index contributed by atoms with van der Waals surface area (Å²) >= 11 is 0. The normalized spacial score (nSPS) is 10.3. The molecule has 2 aromatic rings. The van der Waals surface area contributed by atoms with Gasteiger partial charge >= 0.3 is 0 Å². The molecule has 76 valence electrons. The topological polar surface area (TPSA) is 64.7 Å². The van der Waals surface area contributed by atoms with E-state index in [1.165, 1.54) is 5.56 Å². The maximum absolute atomic E-state index is 5.47. The summed E-state index contributed by atoms with van der Waals surface area (Å²) < 4.78 is 0. The minimum absolute atomic E-state index is 0.312. The smallest absolute Gasteiger partial charge is 0.165 e. The molecule has 0 radical (unpaired) electrons. The van der Waals surface area contributed by atoms with Gasteiger partial charge in [0.2, 0.25) is 0 Å². The van der Waals surface area contributed by atoms with Gasteiger partial charge in [-0.25, -0.2) is 4.98 Å². The monoisotopic (exact) mass is 200 g/mol. The highest BCUT2D eigenvalue weighted by atomic mass is 15.1. The van der Waals surface area contributed by atoms with Gasteiger partial charge in [-0.15, -0.1) is 5.10 Å². The van der Waals surface area contributed by atoms with E-state index in [-0.39, 0.29) is 0 Å². The largest absolute Gasteiger partial charge is 0.324 e. The Labute approximate surface area is 88.2 Å². The average molecular weight is 200 g/mol. The minimum atomic E-state index is 0.312. The van der Waals surface area contributed by atoms with Crippen molar-refractivity contribution < 1.29 is 0 Å². The number of hydrogen-bond acceptors (Lipinski definition) is 4. The van der Waals surface area contributed by atoms with E-state index in [0.29, 0.717) is 12.4 Å². The van der Waals surface area contributed by atoms with Crippen molar-refractivity contribution in [3.8, 4) is 11.3 Å². The van der Waals surface area contributed by atoms with Crippen LogP contribution in [0.4, 0.5) is 0 Å². The van der Waals surface area contributed by atoms with Crippen molar-refractivity contribution in [2.24, 2.45) is 5.73 Å². The SMILES string of the molecule is Cc1ccccc1-c1cnnc(CN)n1. The van der Waals surface area contributed by atoms with Crippen molar-refractivity contribution in [1.29, 1.82) is 0 Å². The number of aryl methyl sites for hydroxylation is 1. The number of nitrogens with two attached hydrogens (primary N) is 1. The fourth-order valence-electron chi connectivity index (χ4n) is 1.42. The van der Waals surface area contributed by atoms with Gasteiger partial charge in [-0.2, -0.15) is 5.10 Å². The van der Waals surface area contributed by atoms with Crippen LogP contribution < -0.4 is 5.73 Å². The highest BCUT2D eigenvalue weighted by Gasteiger charge is 2.04. The highest BCUT2D eigenvalue weighted by molar-refractivity contribution is 5.62. The van der Waals surface area contributed by atoms with Gasteiger partial charge in [0.25, 0.3) is 0 Å². The second kappa shape index (κ2) is 4.14. The number of nitrogens with zero attached hydrogens (tertiary/aromatic N) is 3. The van der Waals surface area contributed by atoms with E-state index in [1.807, 2.05) is 31.2 Å². The van der Waals surface area contributed by atoms with Gasteiger partial charge in [0, 0.05) is 5.56 Å². The number of aromatic nitrogens is 3. The lowest BCUT2D eigenvalue weighted by atomic mass is 10.1. The minimum Gasteiger partial charge on any atom is -0.324 e. The third-order valence-electron chi connectivity index (χ3n) is 2.21. The lowest BCUT2D eigenvalue weighted by Gasteiger charge is -2.04. The molecule has 0 saturated carbocycles. The molecule has 1 aromatic heterocycles. The molecule has 4 heteroatoms. The second-order valence-corrected chi connectivity index (χ2v) is 3.28. The Morgan fingerprint density at radius 1 is 1.27 bits per heavy atom. The zero-order valence-electron chi connectivity index (χ0n) is 8.51. The molecule has 0 spiro atoms. The Kier molecular flexibility index (Phi) is 2.69. The fraction of sp³-hybridized carbons (Fsp3) is 0.182. The summed E-state index contributed by atoms with van der Waals surface area (Å²) in [4.78, 5) is 4.32. The molecule has 0 atom stereocenters. The van der Waals surface area contributed by atoms with E-state index in [2.05, 4.69) is 15.2 Å². The van der Waals surface area contributed by atoms with E-state index in [9.17, 15) is 0 Å². The zero-order valence-corrected chi connectivity index (χ0v) is 8.51. The summed E-state index contributed by atoms with van der Waals surface area (Å²) in [6.45, 7) is 2.35. The molecule has 0 amide bonds. The predicted octanol–water partition coefficient (Wildman–Crippen LogP) is 1.31. The molecule has 15 heavy (non-hydrogen) atoms. The number of rotatable bonds is 2. The molecule has 0 unspecified atom stereocenters. The van der Waals surface area contributed by atoms with Crippen LogP contribution in [0.15, 0.2) is 30.5 Å². The molecule has 4 nitrogen and oxygen atoms in total.